The zero-order chi connectivity index (χ0) is 26.3. The molecular formula is C22H28N5O6PS2. The number of amidine groups is 1. The lowest BCUT2D eigenvalue weighted by Gasteiger charge is -2.30. The predicted molar refractivity (Wildman–Crippen MR) is 146 cm³/mol. The lowest BCUT2D eigenvalue weighted by atomic mass is 10.1. The van der Waals surface area contributed by atoms with Crippen molar-refractivity contribution in [2.75, 3.05) is 23.4 Å². The van der Waals surface area contributed by atoms with Gasteiger partial charge >= 0.3 is 7.52 Å². The third-order valence-corrected chi connectivity index (χ3v) is 8.82. The summed E-state index contributed by atoms with van der Waals surface area (Å²) < 4.78 is 46.6. The van der Waals surface area contributed by atoms with Crippen molar-refractivity contribution in [2.24, 2.45) is 10.7 Å². The van der Waals surface area contributed by atoms with E-state index < -0.39 is 23.9 Å². The van der Waals surface area contributed by atoms with Crippen LogP contribution < -0.4 is 20.9 Å². The molecule has 1 unspecified atom stereocenters. The van der Waals surface area contributed by atoms with Gasteiger partial charge in [-0.15, -0.1) is 22.1 Å². The van der Waals surface area contributed by atoms with E-state index in [1.807, 2.05) is 25.3 Å². The maximum absolute atomic E-state index is 13.8. The van der Waals surface area contributed by atoms with Crippen molar-refractivity contribution in [1.82, 2.24) is 9.78 Å². The average Bonchev–Trinajstić information content (AvgIpc) is 3.32. The smallest absolute Gasteiger partial charge is 0.348 e. The Morgan fingerprint density at radius 1 is 1.31 bits per heavy atom. The Bertz CT molecular complexity index is 1420. The summed E-state index contributed by atoms with van der Waals surface area (Å²) in [7, 11) is -5.75. The molecule has 0 aliphatic carbocycles. The molecule has 0 saturated heterocycles. The van der Waals surface area contributed by atoms with E-state index >= 15 is 0 Å². The molecule has 194 valence electrons. The minimum Gasteiger partial charge on any atom is -0.505 e. The maximum Gasteiger partial charge on any atom is 0.348 e. The van der Waals surface area contributed by atoms with Crippen LogP contribution in [0.2, 0.25) is 0 Å². The van der Waals surface area contributed by atoms with Crippen molar-refractivity contribution in [2.45, 2.75) is 26.8 Å². The van der Waals surface area contributed by atoms with E-state index in [-0.39, 0.29) is 28.1 Å². The molecule has 1 aliphatic heterocycles. The Morgan fingerprint density at radius 3 is 2.67 bits per heavy atom. The normalized spacial score (nSPS) is 17.9. The number of fused-ring (bicyclic) bond motifs is 1. The second-order valence-corrected chi connectivity index (χ2v) is 13.6. The number of rotatable bonds is 8. The Morgan fingerprint density at radius 2 is 2.06 bits per heavy atom. The van der Waals surface area contributed by atoms with Crippen LogP contribution in [0.5, 0.6) is 5.75 Å². The van der Waals surface area contributed by atoms with Gasteiger partial charge in [-0.05, 0) is 42.0 Å². The molecule has 0 bridgehead atoms. The number of benzene rings is 1. The molecule has 1 aromatic carbocycles. The number of hydrogen-bond donors (Lipinski definition) is 5. The van der Waals surface area contributed by atoms with Crippen LogP contribution in [0.3, 0.4) is 0 Å². The Labute approximate surface area is 213 Å². The van der Waals surface area contributed by atoms with Gasteiger partial charge in [-0.2, -0.15) is 9.86 Å². The molecule has 0 amide bonds. The van der Waals surface area contributed by atoms with Gasteiger partial charge in [0.05, 0.1) is 21.6 Å². The number of nitrogens with zero attached hydrogens (tertiary/aromatic N) is 3. The molecule has 4 rings (SSSR count). The van der Waals surface area contributed by atoms with Crippen molar-refractivity contribution < 1.29 is 23.3 Å². The van der Waals surface area contributed by atoms with Gasteiger partial charge < -0.3 is 14.9 Å². The van der Waals surface area contributed by atoms with Crippen LogP contribution in [0.4, 0.5) is 11.4 Å². The molecule has 0 fully saturated rings. The molecule has 0 radical (unpaired) electrons. The lowest BCUT2D eigenvalue weighted by molar-refractivity contribution is 0.404. The van der Waals surface area contributed by atoms with Crippen LogP contribution in [0.25, 0.3) is 10.6 Å². The van der Waals surface area contributed by atoms with Crippen LogP contribution in [0, 0.1) is 5.92 Å². The highest BCUT2D eigenvalue weighted by molar-refractivity contribution is 8.24. The predicted octanol–water partition coefficient (Wildman–Crippen LogP) is 4.77. The third-order valence-electron chi connectivity index (χ3n) is 5.39. The van der Waals surface area contributed by atoms with Gasteiger partial charge in [-0.25, -0.2) is 4.68 Å². The molecule has 11 nitrogen and oxygen atoms in total. The third kappa shape index (κ3) is 5.36. The number of aromatic nitrogens is 2. The van der Waals surface area contributed by atoms with Gasteiger partial charge in [0, 0.05) is 19.9 Å². The van der Waals surface area contributed by atoms with E-state index in [1.165, 1.54) is 35.5 Å². The first-order chi connectivity index (χ1) is 16.9. The fourth-order valence-corrected chi connectivity index (χ4v) is 6.45. The van der Waals surface area contributed by atoms with Gasteiger partial charge in [0.2, 0.25) is 0 Å². The van der Waals surface area contributed by atoms with Gasteiger partial charge in [-0.1, -0.05) is 19.9 Å². The minimum atomic E-state index is -3.90. The highest BCUT2D eigenvalue weighted by Crippen LogP contribution is 2.52. The van der Waals surface area contributed by atoms with E-state index in [2.05, 4.69) is 19.9 Å². The molecule has 14 heteroatoms. The van der Waals surface area contributed by atoms with Crippen molar-refractivity contribution in [1.29, 1.82) is 0 Å². The zero-order valence-electron chi connectivity index (χ0n) is 20.1. The first-order valence-corrected chi connectivity index (χ1v) is 15.4. The van der Waals surface area contributed by atoms with Crippen molar-refractivity contribution in [3.8, 4) is 16.3 Å². The summed E-state index contributed by atoms with van der Waals surface area (Å²) in [4.78, 5) is 14.1. The Kier molecular flexibility index (Phi) is 7.33. The zero-order valence-corrected chi connectivity index (χ0v) is 22.7. The maximum atomic E-state index is 13.8. The summed E-state index contributed by atoms with van der Waals surface area (Å²) in [5.74, 6) is -0.163. The summed E-state index contributed by atoms with van der Waals surface area (Å²) in [6.07, 6.45) is 1.91. The van der Waals surface area contributed by atoms with Crippen LogP contribution >= 0.6 is 29.6 Å². The largest absolute Gasteiger partial charge is 0.505 e. The minimum absolute atomic E-state index is 0.103. The SMILES string of the molecule is COP1(=O)N=C(c2c(O)c(-c3cccs3)nn(CCC(C)C)c2=O)Nc2ccc(NS(C)(O)O)cc21. The molecule has 5 N–H and O–H groups in total. The number of hydrogen-bond acceptors (Lipinski definition) is 10. The lowest BCUT2D eigenvalue weighted by Crippen LogP contribution is -2.35. The van der Waals surface area contributed by atoms with Crippen LogP contribution in [-0.2, 0) is 15.6 Å². The first-order valence-electron chi connectivity index (χ1n) is 11.0. The van der Waals surface area contributed by atoms with Gasteiger partial charge in [0.15, 0.2) is 11.6 Å². The Hall–Kier alpha value is -2.67. The van der Waals surface area contributed by atoms with Gasteiger partial charge in [0.1, 0.15) is 11.3 Å². The quantitative estimate of drug-likeness (QED) is 0.248. The monoisotopic (exact) mass is 553 g/mol. The van der Waals surface area contributed by atoms with E-state index in [1.54, 1.807) is 18.2 Å². The van der Waals surface area contributed by atoms with E-state index in [0.29, 0.717) is 35.1 Å². The fraction of sp³-hybridized carbons (Fsp3) is 0.318. The van der Waals surface area contributed by atoms with Gasteiger partial charge in [0.25, 0.3) is 5.56 Å². The molecule has 0 saturated carbocycles. The highest BCUT2D eigenvalue weighted by Gasteiger charge is 2.36. The molecule has 36 heavy (non-hydrogen) atoms. The topological polar surface area (TPSA) is 158 Å². The number of aromatic hydroxyl groups is 1. The summed E-state index contributed by atoms with van der Waals surface area (Å²) >= 11 is 1.36. The summed E-state index contributed by atoms with van der Waals surface area (Å²) in [5.41, 5.74) is 0.120. The van der Waals surface area contributed by atoms with Gasteiger partial charge in [-0.3, -0.25) is 23.2 Å². The van der Waals surface area contributed by atoms with E-state index in [0.717, 1.165) is 0 Å². The molecule has 1 atom stereocenters. The van der Waals surface area contributed by atoms with Crippen LogP contribution in [-0.4, -0.2) is 43.2 Å². The number of anilines is 2. The van der Waals surface area contributed by atoms with Crippen LogP contribution in [0.1, 0.15) is 25.8 Å². The number of nitrogens with one attached hydrogen (secondary N) is 2. The molecule has 3 aromatic rings. The van der Waals surface area contributed by atoms with Crippen molar-refractivity contribution in [3.63, 3.8) is 0 Å². The Balaban J connectivity index is 1.88. The summed E-state index contributed by atoms with van der Waals surface area (Å²) in [5, 5.41) is 20.6. The molecule has 3 heterocycles. The van der Waals surface area contributed by atoms with E-state index in [4.69, 9.17) is 4.52 Å². The molecular weight excluding hydrogens is 525 g/mol. The summed E-state index contributed by atoms with van der Waals surface area (Å²) in [6.45, 7) is 4.39. The fourth-order valence-electron chi connectivity index (χ4n) is 3.63. The standard InChI is InChI=1S/C22H28N5O6PS2/c1-13(2)9-10-27-22(29)18(20(28)19(24-27)17-6-5-11-35-17)21-23-15-8-7-14(26-36(4,31)32)12-16(15)34(30,25-21)33-3/h5-8,11-13,26,28,31-32H,9-10H2,1-4H3,(H,23,25,30). The van der Waals surface area contributed by atoms with Crippen molar-refractivity contribution in [3.05, 3.63) is 51.6 Å². The molecule has 0 spiro atoms. The average molecular weight is 554 g/mol. The van der Waals surface area contributed by atoms with Crippen LogP contribution in [0.15, 0.2) is 45.3 Å². The molecule has 1 aliphatic rings. The second kappa shape index (κ2) is 10.0. The number of thiophene rings is 1. The van der Waals surface area contributed by atoms with Crippen molar-refractivity contribution >= 4 is 52.1 Å². The van der Waals surface area contributed by atoms with E-state index in [9.17, 15) is 23.6 Å². The molecule has 2 aromatic heterocycles. The summed E-state index contributed by atoms with van der Waals surface area (Å²) in [6, 6.07) is 8.14. The first kappa shape index (κ1) is 26.4. The highest BCUT2D eigenvalue weighted by atomic mass is 32.3. The second-order valence-electron chi connectivity index (χ2n) is 8.70. The number of aryl methyl sites for hydroxylation is 1.